The van der Waals surface area contributed by atoms with E-state index in [-0.39, 0.29) is 17.8 Å². The van der Waals surface area contributed by atoms with E-state index in [9.17, 15) is 14.4 Å². The second kappa shape index (κ2) is 6.27. The third-order valence-corrected chi connectivity index (χ3v) is 3.91. The highest BCUT2D eigenvalue weighted by molar-refractivity contribution is 6.05. The maximum atomic E-state index is 12.3. The molecule has 1 aromatic carbocycles. The van der Waals surface area contributed by atoms with Gasteiger partial charge >= 0.3 is 0 Å². The molecular formula is C16H17N5O4. The summed E-state index contributed by atoms with van der Waals surface area (Å²) in [5.74, 6) is -1.15. The van der Waals surface area contributed by atoms with Gasteiger partial charge in [0.15, 0.2) is 11.8 Å². The number of rotatable bonds is 4. The van der Waals surface area contributed by atoms with Crippen LogP contribution in [0.4, 0.5) is 11.4 Å². The average molecular weight is 343 g/mol. The SMILES string of the molecule is Cc1c(NC(=O)C[C@@H]2Oc3ccccc3NC2=O)c(C(N)=O)nn1C. The number of anilines is 2. The highest BCUT2D eigenvalue weighted by Crippen LogP contribution is 2.29. The Morgan fingerprint density at radius 3 is 2.84 bits per heavy atom. The molecular weight excluding hydrogens is 326 g/mol. The van der Waals surface area contributed by atoms with Gasteiger partial charge in [-0.25, -0.2) is 0 Å². The number of amides is 3. The van der Waals surface area contributed by atoms with Crippen molar-refractivity contribution in [3.8, 4) is 5.75 Å². The lowest BCUT2D eigenvalue weighted by Gasteiger charge is -2.25. The summed E-state index contributed by atoms with van der Waals surface area (Å²) < 4.78 is 7.02. The van der Waals surface area contributed by atoms with Gasteiger partial charge in [-0.15, -0.1) is 0 Å². The number of nitrogens with zero attached hydrogens (tertiary/aromatic N) is 2. The predicted octanol–water partition coefficient (Wildman–Crippen LogP) is 0.556. The zero-order valence-corrected chi connectivity index (χ0v) is 13.7. The maximum Gasteiger partial charge on any atom is 0.271 e. The Balaban J connectivity index is 1.74. The molecule has 3 amide bonds. The molecule has 0 unspecified atom stereocenters. The van der Waals surface area contributed by atoms with Crippen LogP contribution in [0.15, 0.2) is 24.3 Å². The minimum atomic E-state index is -0.969. The molecule has 2 aromatic rings. The van der Waals surface area contributed by atoms with Crippen LogP contribution in [-0.4, -0.2) is 33.6 Å². The first-order valence-corrected chi connectivity index (χ1v) is 7.56. The molecule has 0 spiro atoms. The van der Waals surface area contributed by atoms with Crippen molar-refractivity contribution in [1.29, 1.82) is 0 Å². The van der Waals surface area contributed by atoms with E-state index < -0.39 is 23.8 Å². The molecule has 1 aliphatic rings. The Kier molecular flexibility index (Phi) is 4.14. The first-order chi connectivity index (χ1) is 11.9. The summed E-state index contributed by atoms with van der Waals surface area (Å²) in [6, 6.07) is 6.95. The maximum absolute atomic E-state index is 12.3. The molecule has 2 heterocycles. The van der Waals surface area contributed by atoms with Crippen molar-refractivity contribution >= 4 is 29.1 Å². The van der Waals surface area contributed by atoms with Crippen LogP contribution >= 0.6 is 0 Å². The summed E-state index contributed by atoms with van der Waals surface area (Å²) in [7, 11) is 1.63. The van der Waals surface area contributed by atoms with Gasteiger partial charge in [0.25, 0.3) is 11.8 Å². The molecule has 0 fully saturated rings. The number of aryl methyl sites for hydroxylation is 1. The van der Waals surface area contributed by atoms with E-state index in [2.05, 4.69) is 15.7 Å². The minimum absolute atomic E-state index is 0.0345. The van der Waals surface area contributed by atoms with Crippen LogP contribution in [0.25, 0.3) is 0 Å². The van der Waals surface area contributed by atoms with E-state index in [0.717, 1.165) is 0 Å². The third-order valence-electron chi connectivity index (χ3n) is 3.91. The molecule has 0 radical (unpaired) electrons. The van der Waals surface area contributed by atoms with Gasteiger partial charge in [-0.2, -0.15) is 5.10 Å². The fourth-order valence-electron chi connectivity index (χ4n) is 2.52. The normalized spacial score (nSPS) is 15.8. The fourth-order valence-corrected chi connectivity index (χ4v) is 2.52. The van der Waals surface area contributed by atoms with Gasteiger partial charge in [-0.1, -0.05) is 12.1 Å². The van der Waals surface area contributed by atoms with Gasteiger partial charge in [0.05, 0.1) is 23.5 Å². The van der Waals surface area contributed by atoms with Gasteiger partial charge in [0.1, 0.15) is 5.75 Å². The van der Waals surface area contributed by atoms with Crippen molar-refractivity contribution in [2.75, 3.05) is 10.6 Å². The Morgan fingerprint density at radius 2 is 2.12 bits per heavy atom. The predicted molar refractivity (Wildman–Crippen MR) is 89.2 cm³/mol. The van der Waals surface area contributed by atoms with E-state index in [1.54, 1.807) is 38.2 Å². The van der Waals surface area contributed by atoms with Crippen LogP contribution in [0.5, 0.6) is 5.75 Å². The molecule has 3 rings (SSSR count). The molecule has 1 aromatic heterocycles. The second-order valence-electron chi connectivity index (χ2n) is 5.64. The van der Waals surface area contributed by atoms with E-state index >= 15 is 0 Å². The van der Waals surface area contributed by atoms with Gasteiger partial charge in [0, 0.05) is 7.05 Å². The van der Waals surface area contributed by atoms with E-state index in [1.807, 2.05) is 0 Å². The molecule has 25 heavy (non-hydrogen) atoms. The Labute approximate surface area is 143 Å². The quantitative estimate of drug-likeness (QED) is 0.747. The zero-order valence-electron chi connectivity index (χ0n) is 13.7. The van der Waals surface area contributed by atoms with Gasteiger partial charge < -0.3 is 21.1 Å². The number of carbonyl (C=O) groups is 3. The van der Waals surface area contributed by atoms with Gasteiger partial charge in [0.2, 0.25) is 5.91 Å². The monoisotopic (exact) mass is 343 g/mol. The first kappa shape index (κ1) is 16.5. The van der Waals surface area contributed by atoms with Gasteiger partial charge in [-0.3, -0.25) is 19.1 Å². The molecule has 1 atom stereocenters. The summed E-state index contributed by atoms with van der Waals surface area (Å²) in [6.07, 6.45) is -1.18. The number of nitrogens with one attached hydrogen (secondary N) is 2. The molecule has 0 saturated carbocycles. The average Bonchev–Trinajstić information content (AvgIpc) is 2.84. The number of hydrogen-bond donors (Lipinski definition) is 3. The number of benzene rings is 1. The van der Waals surface area contributed by atoms with Crippen molar-refractivity contribution in [1.82, 2.24) is 9.78 Å². The zero-order chi connectivity index (χ0) is 18.1. The van der Waals surface area contributed by atoms with Crippen LogP contribution in [-0.2, 0) is 16.6 Å². The summed E-state index contributed by atoms with van der Waals surface area (Å²) in [5.41, 5.74) is 6.60. The molecule has 0 bridgehead atoms. The second-order valence-corrected chi connectivity index (χ2v) is 5.64. The van der Waals surface area contributed by atoms with E-state index in [1.165, 1.54) is 4.68 Å². The summed E-state index contributed by atoms with van der Waals surface area (Å²) >= 11 is 0. The number of nitrogens with two attached hydrogens (primary N) is 1. The van der Waals surface area contributed by atoms with E-state index in [0.29, 0.717) is 17.1 Å². The summed E-state index contributed by atoms with van der Waals surface area (Å²) in [4.78, 5) is 35.9. The topological polar surface area (TPSA) is 128 Å². The standard InChI is InChI=1S/C16H17N5O4/c1-8-13(14(15(17)23)20-21(8)2)19-12(22)7-11-16(24)18-9-5-3-4-6-10(9)25-11/h3-6,11H,7H2,1-2H3,(H2,17,23)(H,18,24)(H,19,22)/t11-/m0/s1. The Hall–Kier alpha value is -3.36. The number of fused-ring (bicyclic) bond motifs is 1. The number of primary amides is 1. The van der Waals surface area contributed by atoms with E-state index in [4.69, 9.17) is 10.5 Å². The number of carbonyl (C=O) groups excluding carboxylic acids is 3. The number of aromatic nitrogens is 2. The molecule has 0 saturated heterocycles. The van der Waals surface area contributed by atoms with Crippen LogP contribution < -0.4 is 21.1 Å². The molecule has 9 heteroatoms. The third kappa shape index (κ3) is 3.16. The van der Waals surface area contributed by atoms with Crippen molar-refractivity contribution in [3.63, 3.8) is 0 Å². The molecule has 9 nitrogen and oxygen atoms in total. The van der Waals surface area contributed by atoms with Crippen molar-refractivity contribution in [2.24, 2.45) is 12.8 Å². The summed E-state index contributed by atoms with van der Waals surface area (Å²) in [6.45, 7) is 1.69. The lowest BCUT2D eigenvalue weighted by Crippen LogP contribution is -2.39. The Bertz CT molecular complexity index is 873. The lowest BCUT2D eigenvalue weighted by atomic mass is 10.1. The number of para-hydroxylation sites is 2. The highest BCUT2D eigenvalue weighted by atomic mass is 16.5. The molecule has 1 aliphatic heterocycles. The highest BCUT2D eigenvalue weighted by Gasteiger charge is 2.30. The minimum Gasteiger partial charge on any atom is -0.478 e. The smallest absolute Gasteiger partial charge is 0.271 e. The van der Waals surface area contributed by atoms with Crippen LogP contribution in [0.2, 0.25) is 0 Å². The lowest BCUT2D eigenvalue weighted by molar-refractivity contribution is -0.128. The van der Waals surface area contributed by atoms with Crippen LogP contribution in [0, 0.1) is 6.92 Å². The van der Waals surface area contributed by atoms with Crippen molar-refractivity contribution in [2.45, 2.75) is 19.4 Å². The Morgan fingerprint density at radius 1 is 1.40 bits per heavy atom. The molecule has 130 valence electrons. The van der Waals surface area contributed by atoms with Crippen LogP contribution in [0.3, 0.4) is 0 Å². The number of hydrogen-bond acceptors (Lipinski definition) is 5. The number of ether oxygens (including phenoxy) is 1. The van der Waals surface area contributed by atoms with Crippen molar-refractivity contribution < 1.29 is 19.1 Å². The fraction of sp³-hybridized carbons (Fsp3) is 0.250. The summed E-state index contributed by atoms with van der Waals surface area (Å²) in [5, 5.41) is 9.25. The van der Waals surface area contributed by atoms with Crippen molar-refractivity contribution in [3.05, 3.63) is 35.7 Å². The van der Waals surface area contributed by atoms with Crippen LogP contribution in [0.1, 0.15) is 22.6 Å². The molecule has 4 N–H and O–H groups in total. The first-order valence-electron chi connectivity index (χ1n) is 7.56. The largest absolute Gasteiger partial charge is 0.478 e. The molecule has 0 aliphatic carbocycles. The van der Waals surface area contributed by atoms with Gasteiger partial charge in [-0.05, 0) is 19.1 Å².